The van der Waals surface area contributed by atoms with Crippen LogP contribution in [0.5, 0.6) is 0 Å². The first kappa shape index (κ1) is 20.4. The van der Waals surface area contributed by atoms with E-state index in [1.807, 2.05) is 30.5 Å². The molecule has 6 heteroatoms. The van der Waals surface area contributed by atoms with Crippen LogP contribution in [-0.2, 0) is 10.0 Å². The average molecular weight is 390 g/mol. The summed E-state index contributed by atoms with van der Waals surface area (Å²) in [7, 11) is -3.50. The van der Waals surface area contributed by atoms with Gasteiger partial charge >= 0.3 is 0 Å². The van der Waals surface area contributed by atoms with Crippen LogP contribution < -0.4 is 0 Å². The van der Waals surface area contributed by atoms with Crippen molar-refractivity contribution < 1.29 is 13.2 Å². The van der Waals surface area contributed by atoms with E-state index in [1.54, 1.807) is 43.8 Å². The Hall–Kier alpha value is -1.89. The van der Waals surface area contributed by atoms with Gasteiger partial charge in [0.1, 0.15) is 0 Å². The van der Waals surface area contributed by atoms with Crippen LogP contribution in [0.25, 0.3) is 6.08 Å². The first-order chi connectivity index (χ1) is 12.4. The zero-order valence-corrected chi connectivity index (χ0v) is 16.8. The molecule has 0 saturated carbocycles. The summed E-state index contributed by atoms with van der Waals surface area (Å²) >= 11 is 1.66. The molecule has 26 heavy (non-hydrogen) atoms. The molecule has 0 aromatic heterocycles. The van der Waals surface area contributed by atoms with Crippen LogP contribution in [0.4, 0.5) is 0 Å². The third kappa shape index (κ3) is 4.84. The Bertz CT molecular complexity index is 866. The van der Waals surface area contributed by atoms with Gasteiger partial charge in [0.05, 0.1) is 4.90 Å². The van der Waals surface area contributed by atoms with Gasteiger partial charge in [-0.25, -0.2) is 8.42 Å². The van der Waals surface area contributed by atoms with Crippen molar-refractivity contribution in [1.82, 2.24) is 4.31 Å². The van der Waals surface area contributed by atoms with Crippen LogP contribution in [0.2, 0.25) is 0 Å². The second kappa shape index (κ2) is 9.16. The first-order valence-corrected chi connectivity index (χ1v) is 11.1. The Morgan fingerprint density at radius 3 is 2.08 bits per heavy atom. The quantitative estimate of drug-likeness (QED) is 0.383. The van der Waals surface area contributed by atoms with Crippen LogP contribution in [0.15, 0.2) is 64.4 Å². The maximum atomic E-state index is 12.5. The van der Waals surface area contributed by atoms with Crippen molar-refractivity contribution in [2.75, 3.05) is 19.3 Å². The molecule has 0 radical (unpaired) electrons. The Kier molecular flexibility index (Phi) is 7.20. The number of thioether (sulfide) groups is 1. The molecule has 0 unspecified atom stereocenters. The lowest BCUT2D eigenvalue weighted by Crippen LogP contribution is -2.30. The van der Waals surface area contributed by atoms with Crippen molar-refractivity contribution in [1.29, 1.82) is 0 Å². The monoisotopic (exact) mass is 389 g/mol. The normalized spacial score (nSPS) is 12.0. The summed E-state index contributed by atoms with van der Waals surface area (Å²) in [5.74, 6) is -0.161. The maximum absolute atomic E-state index is 12.5. The molecular weight excluding hydrogens is 366 g/mol. The predicted octanol–water partition coefficient (Wildman–Crippen LogP) is 4.34. The van der Waals surface area contributed by atoms with Crippen molar-refractivity contribution in [3.63, 3.8) is 0 Å². The van der Waals surface area contributed by atoms with E-state index in [1.165, 1.54) is 27.4 Å². The molecule has 2 rings (SSSR count). The molecule has 0 fully saturated rings. The van der Waals surface area contributed by atoms with Crippen molar-refractivity contribution in [2.45, 2.75) is 23.6 Å². The van der Waals surface area contributed by atoms with Crippen LogP contribution in [0, 0.1) is 0 Å². The number of allylic oxidation sites excluding steroid dienone is 1. The van der Waals surface area contributed by atoms with E-state index < -0.39 is 10.0 Å². The van der Waals surface area contributed by atoms with E-state index in [0.717, 1.165) is 5.56 Å². The van der Waals surface area contributed by atoms with Crippen molar-refractivity contribution in [3.8, 4) is 0 Å². The van der Waals surface area contributed by atoms with Gasteiger partial charge in [0.2, 0.25) is 10.0 Å². The highest BCUT2D eigenvalue weighted by molar-refractivity contribution is 7.98. The molecule has 138 valence electrons. The fraction of sp³-hybridized carbons (Fsp3) is 0.250. The van der Waals surface area contributed by atoms with Gasteiger partial charge in [0, 0.05) is 23.5 Å². The molecule has 0 spiro atoms. The predicted molar refractivity (Wildman–Crippen MR) is 108 cm³/mol. The lowest BCUT2D eigenvalue weighted by molar-refractivity contribution is 0.104. The number of benzene rings is 2. The lowest BCUT2D eigenvalue weighted by Gasteiger charge is -2.18. The Labute approximate surface area is 160 Å². The van der Waals surface area contributed by atoms with E-state index in [-0.39, 0.29) is 10.7 Å². The fourth-order valence-corrected chi connectivity index (χ4v) is 4.35. The molecule has 4 nitrogen and oxygen atoms in total. The number of carbonyl (C=O) groups excluding carboxylic acids is 1. The summed E-state index contributed by atoms with van der Waals surface area (Å²) < 4.78 is 26.3. The molecule has 2 aromatic rings. The summed E-state index contributed by atoms with van der Waals surface area (Å²) in [6.07, 6.45) is 5.27. The van der Waals surface area contributed by atoms with Gasteiger partial charge in [-0.05, 0) is 54.3 Å². The third-order valence-corrected chi connectivity index (χ3v) is 6.83. The van der Waals surface area contributed by atoms with Gasteiger partial charge in [-0.3, -0.25) is 4.79 Å². The van der Waals surface area contributed by atoms with E-state index in [2.05, 4.69) is 0 Å². The van der Waals surface area contributed by atoms with Crippen molar-refractivity contribution in [2.24, 2.45) is 0 Å². The molecule has 2 aromatic carbocycles. The standard InChI is InChI=1S/C20H23NO3S2/c1-4-21(5-2)26(23,24)19-13-9-17(10-14-19)20(22)15-8-16-6-11-18(25-3)12-7-16/h6-15H,4-5H2,1-3H3/b15-8+. The van der Waals surface area contributed by atoms with Gasteiger partial charge in [0.25, 0.3) is 0 Å². The molecule has 0 amide bonds. The average Bonchev–Trinajstić information content (AvgIpc) is 2.67. The minimum absolute atomic E-state index is 0.161. The number of hydrogen-bond acceptors (Lipinski definition) is 4. The number of carbonyl (C=O) groups is 1. The van der Waals surface area contributed by atoms with Gasteiger partial charge in [-0.2, -0.15) is 4.31 Å². The highest BCUT2D eigenvalue weighted by atomic mass is 32.2. The van der Waals surface area contributed by atoms with E-state index in [0.29, 0.717) is 18.7 Å². The molecule has 0 aliphatic rings. The first-order valence-electron chi connectivity index (χ1n) is 8.39. The smallest absolute Gasteiger partial charge is 0.243 e. The highest BCUT2D eigenvalue weighted by Crippen LogP contribution is 2.18. The Morgan fingerprint density at radius 2 is 1.58 bits per heavy atom. The minimum atomic E-state index is -3.50. The summed E-state index contributed by atoms with van der Waals surface area (Å²) in [6, 6.07) is 14.0. The van der Waals surface area contributed by atoms with Gasteiger partial charge in [0.15, 0.2) is 5.78 Å². The molecule has 0 bridgehead atoms. The Morgan fingerprint density at radius 1 is 1.00 bits per heavy atom. The topological polar surface area (TPSA) is 54.5 Å². The molecule has 0 aliphatic carbocycles. The van der Waals surface area contributed by atoms with E-state index in [4.69, 9.17) is 0 Å². The van der Waals surface area contributed by atoms with Crippen LogP contribution in [0.1, 0.15) is 29.8 Å². The Balaban J connectivity index is 2.14. The molecule has 0 saturated heterocycles. The van der Waals surface area contributed by atoms with Gasteiger partial charge in [-0.15, -0.1) is 11.8 Å². The van der Waals surface area contributed by atoms with E-state index in [9.17, 15) is 13.2 Å². The SMILES string of the molecule is CCN(CC)S(=O)(=O)c1ccc(C(=O)/C=C/c2ccc(SC)cc2)cc1. The second-order valence-electron chi connectivity index (χ2n) is 5.58. The van der Waals surface area contributed by atoms with Crippen LogP contribution >= 0.6 is 11.8 Å². The zero-order valence-electron chi connectivity index (χ0n) is 15.2. The maximum Gasteiger partial charge on any atom is 0.243 e. The van der Waals surface area contributed by atoms with Crippen molar-refractivity contribution >= 4 is 33.6 Å². The summed E-state index contributed by atoms with van der Waals surface area (Å²) in [4.78, 5) is 13.7. The molecule has 0 atom stereocenters. The minimum Gasteiger partial charge on any atom is -0.289 e. The van der Waals surface area contributed by atoms with Gasteiger partial charge in [-0.1, -0.05) is 32.1 Å². The number of sulfonamides is 1. The zero-order chi connectivity index (χ0) is 19.2. The molecule has 0 heterocycles. The van der Waals surface area contributed by atoms with Crippen LogP contribution in [-0.4, -0.2) is 37.9 Å². The van der Waals surface area contributed by atoms with Crippen LogP contribution in [0.3, 0.4) is 0 Å². The molecule has 0 aliphatic heterocycles. The number of nitrogens with zero attached hydrogens (tertiary/aromatic N) is 1. The number of rotatable bonds is 8. The van der Waals surface area contributed by atoms with Gasteiger partial charge < -0.3 is 0 Å². The molecular formula is C20H23NO3S2. The highest BCUT2D eigenvalue weighted by Gasteiger charge is 2.21. The van der Waals surface area contributed by atoms with Crippen molar-refractivity contribution in [3.05, 3.63) is 65.7 Å². The number of ketones is 1. The lowest BCUT2D eigenvalue weighted by atomic mass is 10.1. The summed E-state index contributed by atoms with van der Waals surface area (Å²) in [5, 5.41) is 0. The largest absolute Gasteiger partial charge is 0.289 e. The summed E-state index contributed by atoms with van der Waals surface area (Å²) in [6.45, 7) is 4.43. The third-order valence-electron chi connectivity index (χ3n) is 4.02. The summed E-state index contributed by atoms with van der Waals surface area (Å²) in [5.41, 5.74) is 1.40. The fourth-order valence-electron chi connectivity index (χ4n) is 2.49. The second-order valence-corrected chi connectivity index (χ2v) is 8.40. The number of hydrogen-bond donors (Lipinski definition) is 0. The van der Waals surface area contributed by atoms with E-state index >= 15 is 0 Å². The molecule has 0 N–H and O–H groups in total.